The third-order valence-corrected chi connectivity index (χ3v) is 5.13. The van der Waals surface area contributed by atoms with E-state index < -0.39 is 4.92 Å². The van der Waals surface area contributed by atoms with Crippen LogP contribution in [0, 0.1) is 10.1 Å². The quantitative estimate of drug-likeness (QED) is 0.410. The van der Waals surface area contributed by atoms with E-state index in [0.29, 0.717) is 11.4 Å². The van der Waals surface area contributed by atoms with E-state index >= 15 is 0 Å². The molecule has 2 aromatic rings. The number of rotatable bonds is 6. The molecule has 2 rings (SSSR count). The Morgan fingerprint density at radius 2 is 1.92 bits per heavy atom. The summed E-state index contributed by atoms with van der Waals surface area (Å²) in [6, 6.07) is 11.1. The second kappa shape index (κ2) is 8.37. The van der Waals surface area contributed by atoms with Gasteiger partial charge in [-0.3, -0.25) is 14.9 Å². The largest absolute Gasteiger partial charge is 0.324 e. The molecular weight excluding hydrogens is 371 g/mol. The van der Waals surface area contributed by atoms with Crippen LogP contribution in [-0.4, -0.2) is 16.1 Å². The predicted molar refractivity (Wildman–Crippen MR) is 98.1 cm³/mol. The van der Waals surface area contributed by atoms with Crippen molar-refractivity contribution in [3.63, 3.8) is 0 Å². The van der Waals surface area contributed by atoms with Gasteiger partial charge in [0.2, 0.25) is 5.91 Å². The van der Waals surface area contributed by atoms with Crippen LogP contribution in [0.2, 0.25) is 10.0 Å². The second-order valence-corrected chi connectivity index (χ2v) is 7.00. The van der Waals surface area contributed by atoms with Crippen LogP contribution in [0.4, 0.5) is 11.4 Å². The van der Waals surface area contributed by atoms with E-state index in [9.17, 15) is 14.9 Å². The zero-order valence-corrected chi connectivity index (χ0v) is 15.0. The summed E-state index contributed by atoms with van der Waals surface area (Å²) >= 11 is 13.3. The molecule has 0 aliphatic rings. The van der Waals surface area contributed by atoms with E-state index in [-0.39, 0.29) is 27.6 Å². The molecule has 1 atom stereocenters. The highest BCUT2D eigenvalue weighted by atomic mass is 35.5. The maximum absolute atomic E-state index is 12.5. The highest BCUT2D eigenvalue weighted by molar-refractivity contribution is 8.00. The Morgan fingerprint density at radius 3 is 2.50 bits per heavy atom. The number of nitro groups is 1. The fourth-order valence-electron chi connectivity index (χ4n) is 1.94. The van der Waals surface area contributed by atoms with Gasteiger partial charge >= 0.3 is 0 Å². The number of halogens is 2. The van der Waals surface area contributed by atoms with Gasteiger partial charge in [0, 0.05) is 22.1 Å². The van der Waals surface area contributed by atoms with Gasteiger partial charge in [0.05, 0.1) is 20.9 Å². The van der Waals surface area contributed by atoms with E-state index in [1.165, 1.54) is 30.0 Å². The predicted octanol–water partition coefficient (Wildman–Crippen LogP) is 5.41. The molecule has 0 aliphatic carbocycles. The summed E-state index contributed by atoms with van der Waals surface area (Å²) in [6.07, 6.45) is 0.589. The van der Waals surface area contributed by atoms with Crippen LogP contribution in [0.1, 0.15) is 13.3 Å². The lowest BCUT2D eigenvalue weighted by Crippen LogP contribution is -2.24. The third-order valence-electron chi connectivity index (χ3n) is 3.17. The number of carbonyl (C=O) groups is 1. The van der Waals surface area contributed by atoms with Crippen LogP contribution in [-0.2, 0) is 4.79 Å². The molecule has 0 heterocycles. The van der Waals surface area contributed by atoms with Gasteiger partial charge in [-0.15, -0.1) is 11.8 Å². The normalized spacial score (nSPS) is 11.8. The van der Waals surface area contributed by atoms with Crippen molar-refractivity contribution < 1.29 is 9.72 Å². The first-order valence-corrected chi connectivity index (χ1v) is 8.71. The molecule has 0 spiro atoms. The minimum Gasteiger partial charge on any atom is -0.324 e. The zero-order valence-electron chi connectivity index (χ0n) is 12.7. The molecular formula is C16H14Cl2N2O3S. The Balaban J connectivity index is 2.13. The van der Waals surface area contributed by atoms with Gasteiger partial charge in [0.25, 0.3) is 5.69 Å². The highest BCUT2D eigenvalue weighted by Gasteiger charge is 2.20. The minimum absolute atomic E-state index is 0.131. The second-order valence-electron chi connectivity index (χ2n) is 4.88. The summed E-state index contributed by atoms with van der Waals surface area (Å²) in [5, 5.41) is 14.0. The topological polar surface area (TPSA) is 72.2 Å². The molecule has 126 valence electrons. The molecule has 0 saturated heterocycles. The molecule has 0 bridgehead atoms. The van der Waals surface area contributed by atoms with Crippen LogP contribution >= 0.6 is 35.0 Å². The van der Waals surface area contributed by atoms with Crippen LogP contribution < -0.4 is 5.32 Å². The number of nitrogens with zero attached hydrogens (tertiary/aromatic N) is 1. The molecule has 0 aromatic heterocycles. The Hall–Kier alpha value is -1.76. The van der Waals surface area contributed by atoms with Gasteiger partial charge in [-0.2, -0.15) is 0 Å². The molecule has 0 aliphatic heterocycles. The van der Waals surface area contributed by atoms with E-state index in [1.807, 2.05) is 19.1 Å². The Morgan fingerprint density at radius 1 is 1.25 bits per heavy atom. The molecule has 1 N–H and O–H groups in total. The molecule has 0 unspecified atom stereocenters. The number of hydrogen-bond acceptors (Lipinski definition) is 4. The molecule has 2 aromatic carbocycles. The fraction of sp³-hybridized carbons (Fsp3) is 0.188. The maximum atomic E-state index is 12.5. The van der Waals surface area contributed by atoms with Crippen molar-refractivity contribution in [1.29, 1.82) is 0 Å². The van der Waals surface area contributed by atoms with Crippen LogP contribution in [0.3, 0.4) is 0 Å². The molecule has 8 heteroatoms. The SMILES string of the molecule is CC[C@@H](Sc1ccc(Cl)cc1)C(=O)Nc1cc([N+](=O)[O-])ccc1Cl. The van der Waals surface area contributed by atoms with Crippen molar-refractivity contribution in [3.05, 3.63) is 62.6 Å². The van der Waals surface area contributed by atoms with Crippen molar-refractivity contribution in [2.45, 2.75) is 23.5 Å². The average molecular weight is 385 g/mol. The van der Waals surface area contributed by atoms with Gasteiger partial charge in [-0.1, -0.05) is 30.1 Å². The van der Waals surface area contributed by atoms with Crippen LogP contribution in [0.5, 0.6) is 0 Å². The van der Waals surface area contributed by atoms with Crippen LogP contribution in [0.25, 0.3) is 0 Å². The van der Waals surface area contributed by atoms with E-state index in [0.717, 1.165) is 4.90 Å². The highest BCUT2D eigenvalue weighted by Crippen LogP contribution is 2.30. The van der Waals surface area contributed by atoms with E-state index in [1.54, 1.807) is 12.1 Å². The van der Waals surface area contributed by atoms with Crippen molar-refractivity contribution >= 4 is 52.2 Å². The summed E-state index contributed by atoms with van der Waals surface area (Å²) in [5.41, 5.74) is 0.0964. The summed E-state index contributed by atoms with van der Waals surface area (Å²) in [6.45, 7) is 1.89. The standard InChI is InChI=1S/C16H14Cl2N2O3S/c1-2-15(24-12-6-3-10(17)4-7-12)16(21)19-14-9-11(20(22)23)5-8-13(14)18/h3-9,15H,2H2,1H3,(H,19,21)/t15-/m1/s1. The van der Waals surface area contributed by atoms with E-state index in [4.69, 9.17) is 23.2 Å². The van der Waals surface area contributed by atoms with Crippen LogP contribution in [0.15, 0.2) is 47.4 Å². The number of anilines is 1. The molecule has 5 nitrogen and oxygen atoms in total. The molecule has 0 saturated carbocycles. The number of benzene rings is 2. The minimum atomic E-state index is -0.536. The van der Waals surface area contributed by atoms with Gasteiger partial charge in [-0.05, 0) is 36.8 Å². The fourth-order valence-corrected chi connectivity index (χ4v) is 3.18. The van der Waals surface area contributed by atoms with Gasteiger partial charge in [0.1, 0.15) is 0 Å². The number of thioether (sulfide) groups is 1. The summed E-state index contributed by atoms with van der Waals surface area (Å²) in [4.78, 5) is 23.7. The van der Waals surface area contributed by atoms with Crippen molar-refractivity contribution in [1.82, 2.24) is 0 Å². The first-order chi connectivity index (χ1) is 11.4. The number of nitrogens with one attached hydrogen (secondary N) is 1. The summed E-state index contributed by atoms with van der Waals surface area (Å²) < 4.78 is 0. The Kier molecular flexibility index (Phi) is 6.48. The lowest BCUT2D eigenvalue weighted by atomic mass is 10.2. The van der Waals surface area contributed by atoms with Gasteiger partial charge in [0.15, 0.2) is 0 Å². The first-order valence-electron chi connectivity index (χ1n) is 7.07. The average Bonchev–Trinajstić information content (AvgIpc) is 2.56. The molecule has 24 heavy (non-hydrogen) atoms. The number of nitro benzene ring substituents is 1. The van der Waals surface area contributed by atoms with Gasteiger partial charge in [-0.25, -0.2) is 0 Å². The number of carbonyl (C=O) groups excluding carboxylic acids is 1. The lowest BCUT2D eigenvalue weighted by molar-refractivity contribution is -0.384. The Bertz CT molecular complexity index is 753. The van der Waals surface area contributed by atoms with Gasteiger partial charge < -0.3 is 5.32 Å². The van der Waals surface area contributed by atoms with E-state index in [2.05, 4.69) is 5.32 Å². The third kappa shape index (κ3) is 4.87. The number of amides is 1. The summed E-state index contributed by atoms with van der Waals surface area (Å²) in [5.74, 6) is -0.264. The smallest absolute Gasteiger partial charge is 0.271 e. The molecule has 0 radical (unpaired) electrons. The number of non-ortho nitro benzene ring substituents is 1. The lowest BCUT2D eigenvalue weighted by Gasteiger charge is -2.15. The molecule has 1 amide bonds. The zero-order chi connectivity index (χ0) is 17.7. The van der Waals surface area contributed by atoms with Crippen molar-refractivity contribution in [2.75, 3.05) is 5.32 Å². The monoisotopic (exact) mass is 384 g/mol. The molecule has 0 fully saturated rings. The van der Waals surface area contributed by atoms with Crippen molar-refractivity contribution in [3.8, 4) is 0 Å². The number of hydrogen-bond donors (Lipinski definition) is 1. The Labute approximate surface area is 153 Å². The maximum Gasteiger partial charge on any atom is 0.271 e. The first kappa shape index (κ1) is 18.6. The summed E-state index contributed by atoms with van der Waals surface area (Å²) in [7, 11) is 0. The van der Waals surface area contributed by atoms with Crippen molar-refractivity contribution in [2.24, 2.45) is 0 Å².